The number of benzene rings is 3. The fraction of sp³-hybridized carbons (Fsp3) is 0.0800. The van der Waals surface area contributed by atoms with Crippen LogP contribution in [0.5, 0.6) is 11.5 Å². The predicted octanol–water partition coefficient (Wildman–Crippen LogP) is 5.60. The largest absolute Gasteiger partial charge is 0.493 e. The monoisotopic (exact) mass is 602 g/mol. The molecule has 3 aromatic carbocycles. The number of methoxy groups -OCH3 is 1. The number of nitrogens with zero attached hydrogens (tertiary/aromatic N) is 1. The Balaban J connectivity index is 1.64. The standard InChI is InChI=1S/C25H17Br2FN2O5/c1-34-21-12-15(11-20(27)22(21)35-13-14-3-2-4-17(28)9-14)10-19-23(31)29-25(33)30(24(19)32)18-7-5-16(26)6-8-18/h2-12H,13H2,1H3,(H,29,31,33)/b19-10+. The number of nitrogens with one attached hydrogen (secondary N) is 1. The van der Waals surface area contributed by atoms with Crippen molar-refractivity contribution in [3.63, 3.8) is 0 Å². The van der Waals surface area contributed by atoms with Crippen molar-refractivity contribution in [2.75, 3.05) is 12.0 Å². The normalized spacial score (nSPS) is 14.8. The van der Waals surface area contributed by atoms with Crippen molar-refractivity contribution < 1.29 is 28.2 Å². The maximum Gasteiger partial charge on any atom is 0.335 e. The van der Waals surface area contributed by atoms with E-state index in [9.17, 15) is 18.8 Å². The molecular formula is C25H17Br2FN2O5. The van der Waals surface area contributed by atoms with Crippen molar-refractivity contribution in [3.8, 4) is 11.5 Å². The van der Waals surface area contributed by atoms with Crippen molar-refractivity contribution in [2.24, 2.45) is 0 Å². The molecule has 1 fully saturated rings. The topological polar surface area (TPSA) is 84.9 Å². The quantitative estimate of drug-likeness (QED) is 0.293. The lowest BCUT2D eigenvalue weighted by Crippen LogP contribution is -2.54. The smallest absolute Gasteiger partial charge is 0.335 e. The van der Waals surface area contributed by atoms with Gasteiger partial charge in [0.1, 0.15) is 18.0 Å². The maximum absolute atomic E-state index is 13.5. The summed E-state index contributed by atoms with van der Waals surface area (Å²) >= 11 is 6.73. The van der Waals surface area contributed by atoms with Gasteiger partial charge in [-0.2, -0.15) is 0 Å². The van der Waals surface area contributed by atoms with Crippen molar-refractivity contribution >= 4 is 61.5 Å². The van der Waals surface area contributed by atoms with E-state index in [2.05, 4.69) is 37.2 Å². The Labute approximate surface area is 216 Å². The van der Waals surface area contributed by atoms with Gasteiger partial charge in [-0.1, -0.05) is 28.1 Å². The molecular weight excluding hydrogens is 587 g/mol. The summed E-state index contributed by atoms with van der Waals surface area (Å²) in [7, 11) is 1.44. The van der Waals surface area contributed by atoms with Crippen molar-refractivity contribution in [1.82, 2.24) is 5.32 Å². The van der Waals surface area contributed by atoms with E-state index >= 15 is 0 Å². The SMILES string of the molecule is COc1cc(/C=C2\C(=O)NC(=O)N(c3ccc(Br)cc3)C2=O)cc(Br)c1OCc1cccc(F)c1. The molecule has 1 aliphatic rings. The van der Waals surface area contributed by atoms with E-state index in [1.54, 1.807) is 48.5 Å². The number of halogens is 3. The first-order chi connectivity index (χ1) is 16.8. The molecule has 10 heteroatoms. The van der Waals surface area contributed by atoms with E-state index in [0.717, 1.165) is 9.37 Å². The summed E-state index contributed by atoms with van der Waals surface area (Å²) in [5, 5.41) is 2.19. The number of barbiturate groups is 1. The van der Waals surface area contributed by atoms with E-state index < -0.39 is 17.8 Å². The zero-order chi connectivity index (χ0) is 25.1. The first-order valence-electron chi connectivity index (χ1n) is 10.2. The maximum atomic E-state index is 13.5. The molecule has 35 heavy (non-hydrogen) atoms. The Hall–Kier alpha value is -3.50. The van der Waals surface area contributed by atoms with Gasteiger partial charge in [-0.25, -0.2) is 14.1 Å². The number of urea groups is 1. The third-order valence-electron chi connectivity index (χ3n) is 5.02. The highest BCUT2D eigenvalue weighted by Gasteiger charge is 2.36. The zero-order valence-electron chi connectivity index (χ0n) is 18.2. The molecule has 0 spiro atoms. The van der Waals surface area contributed by atoms with Gasteiger partial charge < -0.3 is 9.47 Å². The number of rotatable bonds is 6. The van der Waals surface area contributed by atoms with Gasteiger partial charge in [0.05, 0.1) is 17.3 Å². The molecule has 4 amide bonds. The highest BCUT2D eigenvalue weighted by Crippen LogP contribution is 2.38. The van der Waals surface area contributed by atoms with Crippen LogP contribution < -0.4 is 19.7 Å². The number of amides is 4. The molecule has 0 aliphatic carbocycles. The van der Waals surface area contributed by atoms with E-state index in [1.165, 1.54) is 25.3 Å². The van der Waals surface area contributed by atoms with Crippen LogP contribution in [0, 0.1) is 5.82 Å². The van der Waals surface area contributed by atoms with Gasteiger partial charge in [-0.3, -0.25) is 14.9 Å². The first kappa shape index (κ1) is 24.6. The molecule has 0 atom stereocenters. The van der Waals surface area contributed by atoms with E-state index in [0.29, 0.717) is 32.8 Å². The Morgan fingerprint density at radius 3 is 2.46 bits per heavy atom. The summed E-state index contributed by atoms with van der Waals surface area (Å²) in [6, 6.07) is 14.9. The van der Waals surface area contributed by atoms with Crippen LogP contribution in [0.25, 0.3) is 6.08 Å². The molecule has 0 radical (unpaired) electrons. The number of hydrogen-bond acceptors (Lipinski definition) is 5. The van der Waals surface area contributed by atoms with Crippen molar-refractivity contribution in [2.45, 2.75) is 6.61 Å². The summed E-state index contributed by atoms with van der Waals surface area (Å²) in [5.74, 6) is -1.25. The first-order valence-corrected chi connectivity index (χ1v) is 11.8. The molecule has 0 bridgehead atoms. The minimum atomic E-state index is -0.834. The molecule has 0 aromatic heterocycles. The van der Waals surface area contributed by atoms with Gasteiger partial charge in [0.2, 0.25) is 0 Å². The predicted molar refractivity (Wildman–Crippen MR) is 135 cm³/mol. The van der Waals surface area contributed by atoms with Gasteiger partial charge in [0, 0.05) is 4.47 Å². The number of carbonyl (C=O) groups is 3. The van der Waals surface area contributed by atoms with Crippen LogP contribution >= 0.6 is 31.9 Å². The average Bonchev–Trinajstić information content (AvgIpc) is 2.82. The molecule has 7 nitrogen and oxygen atoms in total. The average molecular weight is 604 g/mol. The molecule has 1 saturated heterocycles. The van der Waals surface area contributed by atoms with Crippen LogP contribution in [0.1, 0.15) is 11.1 Å². The Morgan fingerprint density at radius 2 is 1.77 bits per heavy atom. The number of ether oxygens (including phenoxy) is 2. The number of anilines is 1. The third-order valence-corrected chi connectivity index (χ3v) is 6.14. The third kappa shape index (κ3) is 5.44. The van der Waals surface area contributed by atoms with Crippen LogP contribution in [0.15, 0.2) is 75.2 Å². The number of carbonyl (C=O) groups excluding carboxylic acids is 3. The van der Waals surface area contributed by atoms with Crippen LogP contribution in [-0.4, -0.2) is 25.0 Å². The Morgan fingerprint density at radius 1 is 1.03 bits per heavy atom. The minimum absolute atomic E-state index is 0.0955. The lowest BCUT2D eigenvalue weighted by molar-refractivity contribution is -0.122. The summed E-state index contributed by atoms with van der Waals surface area (Å²) in [4.78, 5) is 38.9. The van der Waals surface area contributed by atoms with Crippen LogP contribution in [0.4, 0.5) is 14.9 Å². The Kier molecular flexibility index (Phi) is 7.32. The summed E-state index contributed by atoms with van der Waals surface area (Å²) in [6.07, 6.45) is 1.36. The Bertz CT molecular complexity index is 1360. The molecule has 1 aliphatic heterocycles. The fourth-order valence-corrected chi connectivity index (χ4v) is 4.23. The van der Waals surface area contributed by atoms with Crippen LogP contribution in [0.2, 0.25) is 0 Å². The lowest BCUT2D eigenvalue weighted by Gasteiger charge is -2.26. The van der Waals surface area contributed by atoms with Crippen LogP contribution in [-0.2, 0) is 16.2 Å². The second kappa shape index (κ2) is 10.4. The van der Waals surface area contributed by atoms with Crippen molar-refractivity contribution in [3.05, 3.63) is 92.1 Å². The van der Waals surface area contributed by atoms with E-state index in [1.807, 2.05) is 0 Å². The highest BCUT2D eigenvalue weighted by atomic mass is 79.9. The molecule has 178 valence electrons. The van der Waals surface area contributed by atoms with Crippen molar-refractivity contribution in [1.29, 1.82) is 0 Å². The van der Waals surface area contributed by atoms with Gasteiger partial charge in [-0.05, 0) is 81.7 Å². The highest BCUT2D eigenvalue weighted by molar-refractivity contribution is 9.10. The van der Waals surface area contributed by atoms with Crippen LogP contribution in [0.3, 0.4) is 0 Å². The molecule has 0 saturated carbocycles. The second-order valence-electron chi connectivity index (χ2n) is 7.39. The lowest BCUT2D eigenvalue weighted by atomic mass is 10.1. The fourth-order valence-electron chi connectivity index (χ4n) is 3.39. The van der Waals surface area contributed by atoms with Gasteiger partial charge in [-0.15, -0.1) is 0 Å². The summed E-state index contributed by atoms with van der Waals surface area (Å²) in [6.45, 7) is 0.0955. The zero-order valence-corrected chi connectivity index (χ0v) is 21.4. The summed E-state index contributed by atoms with van der Waals surface area (Å²) in [5.41, 5.74) is 1.17. The molecule has 1 N–H and O–H groups in total. The molecule has 3 aromatic rings. The minimum Gasteiger partial charge on any atom is -0.493 e. The molecule has 1 heterocycles. The van der Waals surface area contributed by atoms with Gasteiger partial charge >= 0.3 is 6.03 Å². The summed E-state index contributed by atoms with van der Waals surface area (Å²) < 4.78 is 26.0. The van der Waals surface area contributed by atoms with Gasteiger partial charge in [0.25, 0.3) is 11.8 Å². The second-order valence-corrected chi connectivity index (χ2v) is 9.16. The van der Waals surface area contributed by atoms with Gasteiger partial charge in [0.15, 0.2) is 11.5 Å². The van der Waals surface area contributed by atoms with E-state index in [-0.39, 0.29) is 18.0 Å². The van der Waals surface area contributed by atoms with E-state index in [4.69, 9.17) is 9.47 Å². The number of imide groups is 2. The number of hydrogen-bond donors (Lipinski definition) is 1. The molecule has 4 rings (SSSR count). The molecule has 0 unspecified atom stereocenters.